The second-order valence-electron chi connectivity index (χ2n) is 6.24. The molecule has 1 aromatic rings. The number of carbonyl (C=O) groups excluding carboxylic acids is 1. The molecule has 0 radical (unpaired) electrons. The highest BCUT2D eigenvalue weighted by Gasteiger charge is 2.55. The molecule has 3 rings (SSSR count). The number of hydrogen-bond acceptors (Lipinski definition) is 2. The van der Waals surface area contributed by atoms with Gasteiger partial charge in [0.2, 0.25) is 0 Å². The summed E-state index contributed by atoms with van der Waals surface area (Å²) in [4.78, 5) is 12.2. The SMILES string of the molecule is Cc1ccc(Cl)c(OC2CC(=O)C23CCCCCC3)c1. The number of aryl methyl sites for hydroxylation is 1. The van der Waals surface area contributed by atoms with Gasteiger partial charge in [0, 0.05) is 6.42 Å². The lowest BCUT2D eigenvalue weighted by atomic mass is 9.60. The van der Waals surface area contributed by atoms with Crippen LogP contribution in [0.5, 0.6) is 5.75 Å². The lowest BCUT2D eigenvalue weighted by Crippen LogP contribution is -2.56. The molecule has 20 heavy (non-hydrogen) atoms. The standard InChI is InChI=1S/C17H21ClO2/c1-12-6-7-13(18)14(10-12)20-16-11-15(19)17(16)8-4-2-3-5-9-17/h6-7,10,16H,2-5,8-9,11H2,1H3. The van der Waals surface area contributed by atoms with Crippen LogP contribution in [0.25, 0.3) is 0 Å². The van der Waals surface area contributed by atoms with E-state index in [1.165, 1.54) is 12.8 Å². The number of benzene rings is 1. The minimum absolute atomic E-state index is 0.0207. The Balaban J connectivity index is 1.80. The molecule has 0 bridgehead atoms. The molecule has 1 unspecified atom stereocenters. The summed E-state index contributed by atoms with van der Waals surface area (Å²) in [5, 5.41) is 0.638. The van der Waals surface area contributed by atoms with Crippen LogP contribution >= 0.6 is 11.6 Å². The van der Waals surface area contributed by atoms with Gasteiger partial charge in [0.1, 0.15) is 17.6 Å². The van der Waals surface area contributed by atoms with E-state index in [2.05, 4.69) is 0 Å². The molecule has 2 fully saturated rings. The lowest BCUT2D eigenvalue weighted by molar-refractivity contribution is -0.154. The van der Waals surface area contributed by atoms with Crippen LogP contribution in [0.2, 0.25) is 5.02 Å². The van der Waals surface area contributed by atoms with Gasteiger partial charge in [0.25, 0.3) is 0 Å². The summed E-state index contributed by atoms with van der Waals surface area (Å²) >= 11 is 6.21. The molecule has 2 saturated carbocycles. The van der Waals surface area contributed by atoms with Crippen LogP contribution in [0.15, 0.2) is 18.2 Å². The topological polar surface area (TPSA) is 26.3 Å². The molecular weight excluding hydrogens is 272 g/mol. The zero-order valence-electron chi connectivity index (χ0n) is 12.0. The maximum Gasteiger partial charge on any atom is 0.146 e. The maximum atomic E-state index is 12.2. The summed E-state index contributed by atoms with van der Waals surface area (Å²) in [6.07, 6.45) is 7.32. The fraction of sp³-hybridized carbons (Fsp3) is 0.588. The van der Waals surface area contributed by atoms with E-state index in [9.17, 15) is 4.79 Å². The van der Waals surface area contributed by atoms with Gasteiger partial charge in [-0.2, -0.15) is 0 Å². The fourth-order valence-corrected chi connectivity index (χ4v) is 3.75. The van der Waals surface area contributed by atoms with E-state index in [4.69, 9.17) is 16.3 Å². The van der Waals surface area contributed by atoms with Crippen molar-refractivity contribution in [3.8, 4) is 5.75 Å². The second-order valence-corrected chi connectivity index (χ2v) is 6.65. The van der Waals surface area contributed by atoms with Gasteiger partial charge in [-0.3, -0.25) is 4.79 Å². The number of halogens is 1. The smallest absolute Gasteiger partial charge is 0.146 e. The van der Waals surface area contributed by atoms with Gasteiger partial charge in [0.05, 0.1) is 10.4 Å². The second kappa shape index (κ2) is 5.40. The molecule has 0 N–H and O–H groups in total. The van der Waals surface area contributed by atoms with Crippen LogP contribution < -0.4 is 4.74 Å². The van der Waals surface area contributed by atoms with Crippen molar-refractivity contribution in [2.75, 3.05) is 0 Å². The summed E-state index contributed by atoms with van der Waals surface area (Å²) in [6, 6.07) is 5.81. The highest BCUT2D eigenvalue weighted by molar-refractivity contribution is 6.32. The predicted molar refractivity (Wildman–Crippen MR) is 80.4 cm³/mol. The lowest BCUT2D eigenvalue weighted by Gasteiger charge is -2.47. The first kappa shape index (κ1) is 13.9. The van der Waals surface area contributed by atoms with Gasteiger partial charge in [-0.05, 0) is 37.5 Å². The number of ketones is 1. The van der Waals surface area contributed by atoms with Crippen LogP contribution in [0.4, 0.5) is 0 Å². The van der Waals surface area contributed by atoms with Crippen molar-refractivity contribution >= 4 is 17.4 Å². The van der Waals surface area contributed by atoms with Crippen LogP contribution in [0.3, 0.4) is 0 Å². The number of rotatable bonds is 2. The number of Topliss-reactive ketones (excluding diaryl/α,β-unsaturated/α-hetero) is 1. The molecule has 0 aliphatic heterocycles. The summed E-state index contributed by atoms with van der Waals surface area (Å²) in [6.45, 7) is 2.02. The van der Waals surface area contributed by atoms with Gasteiger partial charge in [-0.1, -0.05) is 43.4 Å². The third-order valence-electron chi connectivity index (χ3n) is 4.89. The van der Waals surface area contributed by atoms with Gasteiger partial charge in [0.15, 0.2) is 0 Å². The van der Waals surface area contributed by atoms with Crippen molar-refractivity contribution in [2.45, 2.75) is 58.0 Å². The molecule has 1 spiro atoms. The van der Waals surface area contributed by atoms with Crippen LogP contribution in [0, 0.1) is 12.3 Å². The van der Waals surface area contributed by atoms with E-state index < -0.39 is 0 Å². The Morgan fingerprint density at radius 1 is 1.20 bits per heavy atom. The van der Waals surface area contributed by atoms with E-state index in [0.29, 0.717) is 17.2 Å². The Hall–Kier alpha value is -1.02. The van der Waals surface area contributed by atoms with Crippen molar-refractivity contribution in [1.29, 1.82) is 0 Å². The fourth-order valence-electron chi connectivity index (χ4n) is 3.58. The Morgan fingerprint density at radius 3 is 2.55 bits per heavy atom. The largest absolute Gasteiger partial charge is 0.487 e. The van der Waals surface area contributed by atoms with Crippen LogP contribution in [-0.2, 0) is 4.79 Å². The van der Waals surface area contributed by atoms with Crippen LogP contribution in [-0.4, -0.2) is 11.9 Å². The van der Waals surface area contributed by atoms with Crippen LogP contribution in [0.1, 0.15) is 50.5 Å². The predicted octanol–water partition coefficient (Wildman–Crippen LogP) is 4.71. The quantitative estimate of drug-likeness (QED) is 0.789. The van der Waals surface area contributed by atoms with Crippen molar-refractivity contribution in [1.82, 2.24) is 0 Å². The van der Waals surface area contributed by atoms with Crippen molar-refractivity contribution in [3.05, 3.63) is 28.8 Å². The Kier molecular flexibility index (Phi) is 3.76. The van der Waals surface area contributed by atoms with Gasteiger partial charge < -0.3 is 4.74 Å². The van der Waals surface area contributed by atoms with E-state index >= 15 is 0 Å². The third kappa shape index (κ3) is 2.35. The summed E-state index contributed by atoms with van der Waals surface area (Å²) in [5.41, 5.74) is 0.911. The molecule has 2 aliphatic rings. The first-order valence-electron chi connectivity index (χ1n) is 7.58. The number of carbonyl (C=O) groups is 1. The van der Waals surface area contributed by atoms with E-state index in [1.807, 2.05) is 25.1 Å². The first-order valence-corrected chi connectivity index (χ1v) is 7.96. The van der Waals surface area contributed by atoms with E-state index in [1.54, 1.807) is 0 Å². The summed E-state index contributed by atoms with van der Waals surface area (Å²) in [5.74, 6) is 1.13. The molecule has 2 nitrogen and oxygen atoms in total. The van der Waals surface area contributed by atoms with Gasteiger partial charge >= 0.3 is 0 Å². The first-order chi connectivity index (χ1) is 9.62. The molecule has 108 valence electrons. The minimum atomic E-state index is -0.219. The molecule has 0 amide bonds. The molecular formula is C17H21ClO2. The highest BCUT2D eigenvalue weighted by atomic mass is 35.5. The summed E-state index contributed by atoms with van der Waals surface area (Å²) in [7, 11) is 0. The normalized spacial score (nSPS) is 25.1. The van der Waals surface area contributed by atoms with Gasteiger partial charge in [-0.25, -0.2) is 0 Å². The summed E-state index contributed by atoms with van der Waals surface area (Å²) < 4.78 is 6.13. The third-order valence-corrected chi connectivity index (χ3v) is 5.21. The zero-order valence-corrected chi connectivity index (χ0v) is 12.7. The average molecular weight is 293 g/mol. The Labute approximate surface area is 125 Å². The monoisotopic (exact) mass is 292 g/mol. The molecule has 1 aromatic carbocycles. The maximum absolute atomic E-state index is 12.2. The molecule has 0 aromatic heterocycles. The Morgan fingerprint density at radius 2 is 1.90 bits per heavy atom. The van der Waals surface area contributed by atoms with E-state index in [-0.39, 0.29) is 11.5 Å². The minimum Gasteiger partial charge on any atom is -0.487 e. The molecule has 0 saturated heterocycles. The van der Waals surface area contributed by atoms with E-state index in [0.717, 1.165) is 37.0 Å². The molecule has 2 aliphatic carbocycles. The zero-order chi connectivity index (χ0) is 14.2. The van der Waals surface area contributed by atoms with Crippen molar-refractivity contribution < 1.29 is 9.53 Å². The molecule has 0 heterocycles. The highest BCUT2D eigenvalue weighted by Crippen LogP contribution is 2.50. The van der Waals surface area contributed by atoms with Crippen molar-refractivity contribution in [2.24, 2.45) is 5.41 Å². The molecule has 3 heteroatoms. The average Bonchev–Trinajstić information content (AvgIpc) is 2.70. The molecule has 1 atom stereocenters. The van der Waals surface area contributed by atoms with Crippen molar-refractivity contribution in [3.63, 3.8) is 0 Å². The number of ether oxygens (including phenoxy) is 1. The Bertz CT molecular complexity index is 516. The van der Waals surface area contributed by atoms with Gasteiger partial charge in [-0.15, -0.1) is 0 Å². The number of hydrogen-bond donors (Lipinski definition) is 0.